The molecule has 1 fully saturated rings. The van der Waals surface area contributed by atoms with Gasteiger partial charge in [-0.3, -0.25) is 11.3 Å². The molecule has 21 heavy (non-hydrogen) atoms. The van der Waals surface area contributed by atoms with Crippen LogP contribution in [0.3, 0.4) is 0 Å². The molecule has 0 amide bonds. The Morgan fingerprint density at radius 2 is 2.00 bits per heavy atom. The lowest BCUT2D eigenvalue weighted by atomic mass is 9.75. The Morgan fingerprint density at radius 1 is 1.24 bits per heavy atom. The Hall–Kier alpha value is -0.900. The molecule has 118 valence electrons. The summed E-state index contributed by atoms with van der Waals surface area (Å²) in [4.78, 5) is 0. The molecule has 4 unspecified atom stereocenters. The van der Waals surface area contributed by atoms with Crippen LogP contribution < -0.4 is 11.3 Å². The minimum absolute atomic E-state index is 0.0433. The van der Waals surface area contributed by atoms with Crippen LogP contribution in [0.15, 0.2) is 30.3 Å². The molecule has 3 N–H and O–H groups in total. The summed E-state index contributed by atoms with van der Waals surface area (Å²) >= 11 is 0. The van der Waals surface area contributed by atoms with Crippen molar-refractivity contribution in [1.82, 2.24) is 5.43 Å². The maximum absolute atomic E-state index is 6.06. The van der Waals surface area contributed by atoms with Crippen molar-refractivity contribution in [3.05, 3.63) is 35.9 Å². The van der Waals surface area contributed by atoms with Gasteiger partial charge in [0.1, 0.15) is 0 Å². The molecule has 2 rings (SSSR count). The third-order valence-electron chi connectivity index (χ3n) is 4.90. The zero-order valence-corrected chi connectivity index (χ0v) is 13.4. The molecule has 0 bridgehead atoms. The minimum atomic E-state index is 0.0433. The minimum Gasteiger partial charge on any atom is -0.372 e. The van der Waals surface area contributed by atoms with E-state index in [1.807, 2.05) is 6.07 Å². The van der Waals surface area contributed by atoms with Crippen molar-refractivity contribution in [1.29, 1.82) is 0 Å². The van der Waals surface area contributed by atoms with E-state index < -0.39 is 0 Å². The molecule has 1 aromatic rings. The standard InChI is InChI=1S/C18H30N2O/c1-3-14-9-8-12-16(13-14)17(20-19)18(21-4-2)15-10-6-5-7-11-15/h5-7,10-11,14,16-18,20H,3-4,8-9,12-13,19H2,1-2H3. The normalized spacial score (nSPS) is 25.5. The lowest BCUT2D eigenvalue weighted by molar-refractivity contribution is 0.00551. The smallest absolute Gasteiger partial charge is 0.0993 e. The van der Waals surface area contributed by atoms with Crippen LogP contribution in [0.4, 0.5) is 0 Å². The number of benzene rings is 1. The van der Waals surface area contributed by atoms with Gasteiger partial charge in [0.2, 0.25) is 0 Å². The number of nitrogens with one attached hydrogen (secondary N) is 1. The molecule has 0 aromatic heterocycles. The van der Waals surface area contributed by atoms with Gasteiger partial charge in [-0.15, -0.1) is 0 Å². The van der Waals surface area contributed by atoms with Crippen molar-refractivity contribution < 1.29 is 4.74 Å². The first kappa shape index (κ1) is 16.5. The first-order valence-electron chi connectivity index (χ1n) is 8.42. The summed E-state index contributed by atoms with van der Waals surface area (Å²) in [5, 5.41) is 0. The van der Waals surface area contributed by atoms with Gasteiger partial charge < -0.3 is 4.74 Å². The molecule has 0 saturated heterocycles. The van der Waals surface area contributed by atoms with Crippen molar-refractivity contribution in [2.75, 3.05) is 6.61 Å². The molecule has 3 heteroatoms. The first-order valence-corrected chi connectivity index (χ1v) is 8.42. The van der Waals surface area contributed by atoms with Crippen molar-refractivity contribution in [2.24, 2.45) is 17.7 Å². The van der Waals surface area contributed by atoms with E-state index in [0.717, 1.165) is 5.92 Å². The summed E-state index contributed by atoms with van der Waals surface area (Å²) in [5.41, 5.74) is 4.30. The quantitative estimate of drug-likeness (QED) is 0.593. The Balaban J connectivity index is 2.15. The number of ether oxygens (including phenoxy) is 1. The largest absolute Gasteiger partial charge is 0.372 e. The van der Waals surface area contributed by atoms with Gasteiger partial charge in [0.05, 0.1) is 12.1 Å². The fourth-order valence-electron chi connectivity index (χ4n) is 3.73. The third-order valence-corrected chi connectivity index (χ3v) is 4.90. The molecule has 1 aliphatic rings. The highest BCUT2D eigenvalue weighted by atomic mass is 16.5. The Kier molecular flexibility index (Phi) is 6.68. The molecule has 0 radical (unpaired) electrons. The molecule has 0 aliphatic heterocycles. The highest BCUT2D eigenvalue weighted by molar-refractivity contribution is 5.19. The van der Waals surface area contributed by atoms with Crippen molar-refractivity contribution in [3.63, 3.8) is 0 Å². The van der Waals surface area contributed by atoms with Crippen molar-refractivity contribution >= 4 is 0 Å². The topological polar surface area (TPSA) is 47.3 Å². The molecule has 0 spiro atoms. The van der Waals surface area contributed by atoms with E-state index in [9.17, 15) is 0 Å². The molecule has 1 saturated carbocycles. The van der Waals surface area contributed by atoms with Gasteiger partial charge in [-0.1, -0.05) is 56.5 Å². The van der Waals surface area contributed by atoms with Crippen LogP contribution in [-0.2, 0) is 4.74 Å². The van der Waals surface area contributed by atoms with Crippen LogP contribution in [0, 0.1) is 11.8 Å². The van der Waals surface area contributed by atoms with Gasteiger partial charge in [0, 0.05) is 6.61 Å². The summed E-state index contributed by atoms with van der Waals surface area (Å²) in [6.45, 7) is 5.07. The van der Waals surface area contributed by atoms with Gasteiger partial charge in [0.25, 0.3) is 0 Å². The van der Waals surface area contributed by atoms with E-state index in [1.165, 1.54) is 37.7 Å². The number of hydrogen-bond donors (Lipinski definition) is 2. The van der Waals surface area contributed by atoms with Gasteiger partial charge in [0.15, 0.2) is 0 Å². The maximum Gasteiger partial charge on any atom is 0.0993 e. The lowest BCUT2D eigenvalue weighted by Crippen LogP contribution is -2.47. The van der Waals surface area contributed by atoms with E-state index in [-0.39, 0.29) is 12.1 Å². The van der Waals surface area contributed by atoms with Gasteiger partial charge >= 0.3 is 0 Å². The van der Waals surface area contributed by atoms with E-state index in [4.69, 9.17) is 10.6 Å². The van der Waals surface area contributed by atoms with Crippen LogP contribution >= 0.6 is 0 Å². The molecule has 3 nitrogen and oxygen atoms in total. The highest BCUT2D eigenvalue weighted by Gasteiger charge is 2.33. The van der Waals surface area contributed by atoms with Gasteiger partial charge in [-0.05, 0) is 37.2 Å². The average molecular weight is 290 g/mol. The van der Waals surface area contributed by atoms with Gasteiger partial charge in [-0.25, -0.2) is 0 Å². The van der Waals surface area contributed by atoms with Crippen molar-refractivity contribution in [3.8, 4) is 0 Å². The van der Waals surface area contributed by atoms with Crippen LogP contribution in [0.1, 0.15) is 57.6 Å². The zero-order valence-electron chi connectivity index (χ0n) is 13.4. The number of rotatable bonds is 7. The molecule has 4 atom stereocenters. The molecule has 1 aliphatic carbocycles. The second-order valence-electron chi connectivity index (χ2n) is 6.18. The van der Waals surface area contributed by atoms with Crippen LogP contribution in [0.25, 0.3) is 0 Å². The molecule has 0 heterocycles. The predicted molar refractivity (Wildman–Crippen MR) is 87.7 cm³/mol. The summed E-state index contributed by atoms with van der Waals surface area (Å²) < 4.78 is 6.06. The van der Waals surface area contributed by atoms with Gasteiger partial charge in [-0.2, -0.15) is 0 Å². The number of hydrazine groups is 1. The second-order valence-corrected chi connectivity index (χ2v) is 6.18. The molecular weight excluding hydrogens is 260 g/mol. The predicted octanol–water partition coefficient (Wildman–Crippen LogP) is 3.81. The SMILES string of the molecule is CCOC(c1ccccc1)C(NN)C1CCCC(CC)C1. The fourth-order valence-corrected chi connectivity index (χ4v) is 3.73. The highest BCUT2D eigenvalue weighted by Crippen LogP contribution is 2.37. The summed E-state index contributed by atoms with van der Waals surface area (Å²) in [6.07, 6.45) is 6.52. The van der Waals surface area contributed by atoms with Crippen molar-refractivity contribution in [2.45, 2.75) is 58.1 Å². The van der Waals surface area contributed by atoms with Crippen LogP contribution in [0.2, 0.25) is 0 Å². The summed E-state index contributed by atoms with van der Waals surface area (Å²) in [7, 11) is 0. The fraction of sp³-hybridized carbons (Fsp3) is 0.667. The van der Waals surface area contributed by atoms with E-state index in [0.29, 0.717) is 12.5 Å². The number of nitrogens with two attached hydrogens (primary N) is 1. The van der Waals surface area contributed by atoms with Crippen LogP contribution in [0.5, 0.6) is 0 Å². The average Bonchev–Trinajstić information content (AvgIpc) is 2.56. The molecule has 1 aromatic carbocycles. The third kappa shape index (κ3) is 4.29. The number of hydrogen-bond acceptors (Lipinski definition) is 3. The van der Waals surface area contributed by atoms with E-state index in [2.05, 4.69) is 43.5 Å². The Morgan fingerprint density at radius 3 is 2.62 bits per heavy atom. The summed E-state index contributed by atoms with van der Waals surface area (Å²) in [6, 6.07) is 10.7. The molecular formula is C18H30N2O. The zero-order chi connectivity index (χ0) is 15.1. The van der Waals surface area contributed by atoms with E-state index in [1.54, 1.807) is 0 Å². The first-order chi connectivity index (χ1) is 10.3. The second kappa shape index (κ2) is 8.52. The Labute approximate surface area is 129 Å². The van der Waals surface area contributed by atoms with Crippen LogP contribution in [-0.4, -0.2) is 12.6 Å². The Bertz CT molecular complexity index is 395. The summed E-state index contributed by atoms with van der Waals surface area (Å²) in [5.74, 6) is 7.38. The maximum atomic E-state index is 6.06. The lowest BCUT2D eigenvalue weighted by Gasteiger charge is -2.38. The van der Waals surface area contributed by atoms with E-state index >= 15 is 0 Å². The monoisotopic (exact) mass is 290 g/mol.